The van der Waals surface area contributed by atoms with E-state index in [-0.39, 0.29) is 6.61 Å². The molecule has 0 amide bonds. The van der Waals surface area contributed by atoms with Crippen LogP contribution < -0.4 is 14.2 Å². The van der Waals surface area contributed by atoms with Crippen LogP contribution in [0.5, 0.6) is 17.2 Å². The van der Waals surface area contributed by atoms with Crippen LogP contribution in [0.1, 0.15) is 23.1 Å². The van der Waals surface area contributed by atoms with E-state index >= 15 is 0 Å². The maximum Gasteiger partial charge on any atom is 0.161 e. The average molecular weight is 413 g/mol. The Kier molecular flexibility index (Phi) is 6.77. The highest BCUT2D eigenvalue weighted by Crippen LogP contribution is 2.31. The third kappa shape index (κ3) is 4.89. The largest absolute Gasteiger partial charge is 0.496 e. The van der Waals surface area contributed by atoms with Gasteiger partial charge in [0.25, 0.3) is 0 Å². The molecule has 1 N–H and O–H groups in total. The van der Waals surface area contributed by atoms with Gasteiger partial charge in [0.05, 0.1) is 7.11 Å². The molecule has 162 valence electrons. The van der Waals surface area contributed by atoms with Crippen LogP contribution >= 0.6 is 0 Å². The van der Waals surface area contributed by atoms with Gasteiger partial charge in [-0.25, -0.2) is 0 Å². The fraction of sp³-hybridized carbons (Fsp3) is 0.500. The fourth-order valence-corrected chi connectivity index (χ4v) is 4.45. The Balaban J connectivity index is 1.39. The van der Waals surface area contributed by atoms with Crippen molar-refractivity contribution < 1.29 is 19.3 Å². The summed E-state index contributed by atoms with van der Waals surface area (Å²) < 4.78 is 16.7. The van der Waals surface area contributed by atoms with Gasteiger partial charge >= 0.3 is 0 Å². The van der Waals surface area contributed by atoms with Gasteiger partial charge in [0.1, 0.15) is 19.0 Å². The molecule has 6 heteroatoms. The molecule has 2 aliphatic rings. The Morgan fingerprint density at radius 1 is 1.00 bits per heavy atom. The van der Waals surface area contributed by atoms with Crippen LogP contribution in [-0.2, 0) is 13.1 Å². The molecule has 0 radical (unpaired) electrons. The van der Waals surface area contributed by atoms with Crippen LogP contribution in [0.15, 0.2) is 36.4 Å². The molecule has 0 bridgehead atoms. The lowest BCUT2D eigenvalue weighted by atomic mass is 10.0. The van der Waals surface area contributed by atoms with Gasteiger partial charge in [-0.05, 0) is 48.2 Å². The van der Waals surface area contributed by atoms with Crippen LogP contribution in [0.4, 0.5) is 0 Å². The van der Waals surface area contributed by atoms with Crippen LogP contribution in [0.25, 0.3) is 0 Å². The molecular formula is C24H32N2O4. The minimum Gasteiger partial charge on any atom is -0.496 e. The molecule has 2 aromatic carbocycles. The Morgan fingerprint density at radius 2 is 1.77 bits per heavy atom. The van der Waals surface area contributed by atoms with Gasteiger partial charge in [-0.15, -0.1) is 0 Å². The lowest BCUT2D eigenvalue weighted by Crippen LogP contribution is -2.52. The zero-order chi connectivity index (χ0) is 20.9. The maximum atomic E-state index is 9.63. The number of nitrogens with zero attached hydrogens (tertiary/aromatic N) is 2. The normalized spacial score (nSPS) is 19.6. The summed E-state index contributed by atoms with van der Waals surface area (Å²) in [5.74, 6) is 2.61. The second-order valence-corrected chi connectivity index (χ2v) is 8.15. The maximum absolute atomic E-state index is 9.63. The fourth-order valence-electron chi connectivity index (χ4n) is 4.45. The molecule has 0 saturated carbocycles. The minimum atomic E-state index is 0.209. The molecule has 6 nitrogen and oxygen atoms in total. The van der Waals surface area contributed by atoms with E-state index in [1.807, 2.05) is 12.1 Å². The van der Waals surface area contributed by atoms with Gasteiger partial charge < -0.3 is 19.3 Å². The summed E-state index contributed by atoms with van der Waals surface area (Å²) in [6, 6.07) is 13.0. The predicted molar refractivity (Wildman–Crippen MR) is 116 cm³/mol. The van der Waals surface area contributed by atoms with Gasteiger partial charge in [-0.2, -0.15) is 0 Å². The van der Waals surface area contributed by atoms with Crippen molar-refractivity contribution in [2.24, 2.45) is 0 Å². The quantitative estimate of drug-likeness (QED) is 0.755. The van der Waals surface area contributed by atoms with E-state index in [1.165, 1.54) is 11.1 Å². The SMILES string of the molecule is COc1ccc(CN2CCN(Cc3ccc4c(c3)OCCO4)C[C@@H]2CCO)cc1C. The van der Waals surface area contributed by atoms with Crippen molar-refractivity contribution >= 4 is 0 Å². The number of benzene rings is 2. The summed E-state index contributed by atoms with van der Waals surface area (Å²) in [6.45, 7) is 8.24. The van der Waals surface area contributed by atoms with Crippen molar-refractivity contribution in [3.05, 3.63) is 53.1 Å². The third-order valence-electron chi connectivity index (χ3n) is 6.01. The van der Waals surface area contributed by atoms with Crippen molar-refractivity contribution in [1.82, 2.24) is 9.80 Å². The first kappa shape index (κ1) is 21.0. The highest BCUT2D eigenvalue weighted by molar-refractivity contribution is 5.43. The second kappa shape index (κ2) is 9.69. The average Bonchev–Trinajstić information content (AvgIpc) is 2.76. The standard InChI is InChI=1S/C24H32N2O4/c1-18-13-19(3-5-22(18)28-2)16-26-9-8-25(17-21(26)7-10-27)15-20-4-6-23-24(14-20)30-12-11-29-23/h3-6,13-14,21,27H,7-12,15-17H2,1-2H3/t21-/m0/s1. The van der Waals surface area contributed by atoms with Crippen molar-refractivity contribution in [1.29, 1.82) is 0 Å². The van der Waals surface area contributed by atoms with Gasteiger partial charge in [0, 0.05) is 45.4 Å². The molecule has 1 saturated heterocycles. The molecule has 1 fully saturated rings. The van der Waals surface area contributed by atoms with Crippen molar-refractivity contribution in [3.8, 4) is 17.2 Å². The molecule has 0 aromatic heterocycles. The second-order valence-electron chi connectivity index (χ2n) is 8.15. The first-order valence-electron chi connectivity index (χ1n) is 10.8. The zero-order valence-electron chi connectivity index (χ0n) is 18.0. The molecule has 2 aromatic rings. The minimum absolute atomic E-state index is 0.209. The summed E-state index contributed by atoms with van der Waals surface area (Å²) in [5, 5.41) is 9.63. The molecular weight excluding hydrogens is 380 g/mol. The smallest absolute Gasteiger partial charge is 0.161 e. The van der Waals surface area contributed by atoms with Crippen LogP contribution in [0.3, 0.4) is 0 Å². The van der Waals surface area contributed by atoms with Crippen molar-refractivity contribution in [3.63, 3.8) is 0 Å². The third-order valence-corrected chi connectivity index (χ3v) is 6.01. The van der Waals surface area contributed by atoms with Crippen LogP contribution in [0, 0.1) is 6.92 Å². The molecule has 2 heterocycles. The molecule has 0 spiro atoms. The van der Waals surface area contributed by atoms with E-state index in [1.54, 1.807) is 7.11 Å². The summed E-state index contributed by atoms with van der Waals surface area (Å²) in [4.78, 5) is 4.97. The Morgan fingerprint density at radius 3 is 2.53 bits per heavy atom. The first-order valence-corrected chi connectivity index (χ1v) is 10.8. The highest BCUT2D eigenvalue weighted by atomic mass is 16.6. The van der Waals surface area contributed by atoms with E-state index in [0.717, 1.165) is 62.0 Å². The lowest BCUT2D eigenvalue weighted by molar-refractivity contribution is 0.0499. The van der Waals surface area contributed by atoms with Gasteiger partial charge in [-0.3, -0.25) is 9.80 Å². The summed E-state index contributed by atoms with van der Waals surface area (Å²) in [6.07, 6.45) is 0.784. The molecule has 1 atom stereocenters. The van der Waals surface area contributed by atoms with Gasteiger partial charge in [-0.1, -0.05) is 18.2 Å². The van der Waals surface area contributed by atoms with Crippen LogP contribution in [-0.4, -0.2) is 67.5 Å². The van der Waals surface area contributed by atoms with E-state index in [0.29, 0.717) is 19.3 Å². The molecule has 0 unspecified atom stereocenters. The Bertz CT molecular complexity index is 857. The van der Waals surface area contributed by atoms with E-state index < -0.39 is 0 Å². The number of aliphatic hydroxyl groups is 1. The number of aryl methyl sites for hydroxylation is 1. The lowest BCUT2D eigenvalue weighted by Gasteiger charge is -2.41. The molecule has 2 aliphatic heterocycles. The number of hydrogen-bond donors (Lipinski definition) is 1. The highest BCUT2D eigenvalue weighted by Gasteiger charge is 2.27. The number of fused-ring (bicyclic) bond motifs is 1. The Labute approximate surface area is 179 Å². The summed E-state index contributed by atoms with van der Waals surface area (Å²) in [7, 11) is 1.71. The van der Waals surface area contributed by atoms with E-state index in [2.05, 4.69) is 41.0 Å². The van der Waals surface area contributed by atoms with E-state index in [9.17, 15) is 5.11 Å². The summed E-state index contributed by atoms with van der Waals surface area (Å²) in [5.41, 5.74) is 3.68. The summed E-state index contributed by atoms with van der Waals surface area (Å²) >= 11 is 0. The molecule has 30 heavy (non-hydrogen) atoms. The monoisotopic (exact) mass is 412 g/mol. The zero-order valence-corrected chi connectivity index (χ0v) is 18.0. The first-order chi connectivity index (χ1) is 14.7. The van der Waals surface area contributed by atoms with Gasteiger partial charge in [0.15, 0.2) is 11.5 Å². The van der Waals surface area contributed by atoms with Gasteiger partial charge in [0.2, 0.25) is 0 Å². The molecule has 0 aliphatic carbocycles. The topological polar surface area (TPSA) is 54.4 Å². The van der Waals surface area contributed by atoms with Crippen molar-refractivity contribution in [2.75, 3.05) is 46.6 Å². The number of hydrogen-bond acceptors (Lipinski definition) is 6. The predicted octanol–water partition coefficient (Wildman–Crippen LogP) is 2.84. The van der Waals surface area contributed by atoms with Crippen LogP contribution in [0.2, 0.25) is 0 Å². The number of rotatable bonds is 7. The number of piperazine rings is 1. The van der Waals surface area contributed by atoms with E-state index in [4.69, 9.17) is 14.2 Å². The van der Waals surface area contributed by atoms with Crippen molar-refractivity contribution in [2.45, 2.75) is 32.5 Å². The number of ether oxygens (including phenoxy) is 3. The number of methoxy groups -OCH3 is 1. The Hall–Kier alpha value is -2.28. The number of aliphatic hydroxyl groups excluding tert-OH is 1. The molecule has 4 rings (SSSR count).